The number of hydrogen-bond acceptors (Lipinski definition) is 2. The molecule has 0 aromatic carbocycles. The molecule has 15 heavy (non-hydrogen) atoms. The molecule has 2 heteroatoms. The predicted octanol–water partition coefficient (Wildman–Crippen LogP) is 2.49. The van der Waals surface area contributed by atoms with E-state index in [1.54, 1.807) is 0 Å². The average Bonchev–Trinajstić information content (AvgIpc) is 2.71. The number of likely N-dealkylation sites (tertiary alicyclic amines) is 1. The van der Waals surface area contributed by atoms with Crippen LogP contribution in [0.3, 0.4) is 0 Å². The average molecular weight is 212 g/mol. The van der Waals surface area contributed by atoms with Gasteiger partial charge in [0.25, 0.3) is 0 Å². The molecule has 1 aliphatic rings. The van der Waals surface area contributed by atoms with Crippen molar-refractivity contribution in [2.75, 3.05) is 19.6 Å². The molecule has 0 bridgehead atoms. The molecule has 0 aromatic heterocycles. The summed E-state index contributed by atoms with van der Waals surface area (Å²) in [5.41, 5.74) is 0. The van der Waals surface area contributed by atoms with Crippen LogP contribution in [0.4, 0.5) is 0 Å². The monoisotopic (exact) mass is 212 g/mol. The number of rotatable bonds is 6. The summed E-state index contributed by atoms with van der Waals surface area (Å²) in [6.07, 6.45) is 4.04. The van der Waals surface area contributed by atoms with Crippen molar-refractivity contribution < 1.29 is 0 Å². The Morgan fingerprint density at radius 2 is 2.07 bits per heavy atom. The third-order valence-electron chi connectivity index (χ3n) is 4.08. The molecule has 90 valence electrons. The van der Waals surface area contributed by atoms with Gasteiger partial charge in [-0.25, -0.2) is 0 Å². The Morgan fingerprint density at radius 3 is 2.67 bits per heavy atom. The van der Waals surface area contributed by atoms with E-state index in [0.29, 0.717) is 6.04 Å². The minimum Gasteiger partial charge on any atom is -0.312 e. The van der Waals surface area contributed by atoms with E-state index >= 15 is 0 Å². The van der Waals surface area contributed by atoms with Gasteiger partial charge in [-0.15, -0.1) is 0 Å². The Morgan fingerprint density at radius 1 is 1.33 bits per heavy atom. The molecule has 0 aliphatic carbocycles. The van der Waals surface area contributed by atoms with Crippen LogP contribution in [-0.4, -0.2) is 36.6 Å². The van der Waals surface area contributed by atoms with E-state index in [2.05, 4.69) is 37.9 Å². The fourth-order valence-corrected chi connectivity index (χ4v) is 2.42. The minimum absolute atomic E-state index is 0.661. The zero-order valence-electron chi connectivity index (χ0n) is 10.9. The van der Waals surface area contributed by atoms with Crippen molar-refractivity contribution in [2.24, 2.45) is 5.92 Å². The third kappa shape index (κ3) is 3.76. The van der Waals surface area contributed by atoms with E-state index in [0.717, 1.165) is 12.0 Å². The maximum absolute atomic E-state index is 3.70. The zero-order chi connectivity index (χ0) is 11.3. The quantitative estimate of drug-likeness (QED) is 0.728. The lowest BCUT2D eigenvalue weighted by molar-refractivity contribution is 0.246. The summed E-state index contributed by atoms with van der Waals surface area (Å²) in [5.74, 6) is 0.793. The van der Waals surface area contributed by atoms with Crippen molar-refractivity contribution in [1.82, 2.24) is 10.2 Å². The molecular formula is C13H28N2. The Hall–Kier alpha value is -0.0800. The second-order valence-corrected chi connectivity index (χ2v) is 5.01. The molecule has 3 atom stereocenters. The molecule has 0 radical (unpaired) electrons. The van der Waals surface area contributed by atoms with Crippen LogP contribution in [-0.2, 0) is 0 Å². The topological polar surface area (TPSA) is 15.3 Å². The van der Waals surface area contributed by atoms with Crippen molar-refractivity contribution in [3.05, 3.63) is 0 Å². The van der Waals surface area contributed by atoms with Gasteiger partial charge in [0.2, 0.25) is 0 Å². The van der Waals surface area contributed by atoms with E-state index in [1.807, 2.05) is 0 Å². The summed E-state index contributed by atoms with van der Waals surface area (Å²) in [7, 11) is 0. The van der Waals surface area contributed by atoms with E-state index < -0.39 is 0 Å². The summed E-state index contributed by atoms with van der Waals surface area (Å²) < 4.78 is 0. The van der Waals surface area contributed by atoms with Gasteiger partial charge in [0.1, 0.15) is 0 Å². The second kappa shape index (κ2) is 6.49. The summed E-state index contributed by atoms with van der Waals surface area (Å²) in [5, 5.41) is 3.70. The normalized spacial score (nSPS) is 26.8. The molecular weight excluding hydrogens is 184 g/mol. The van der Waals surface area contributed by atoms with Crippen LogP contribution in [0, 0.1) is 5.92 Å². The molecule has 2 nitrogen and oxygen atoms in total. The smallest absolute Gasteiger partial charge is 0.0221 e. The van der Waals surface area contributed by atoms with Crippen molar-refractivity contribution in [3.8, 4) is 0 Å². The first kappa shape index (κ1) is 13.0. The lowest BCUT2D eigenvalue weighted by atomic mass is 10.0. The van der Waals surface area contributed by atoms with Gasteiger partial charge in [0.15, 0.2) is 0 Å². The Labute approximate surface area is 95.4 Å². The summed E-state index contributed by atoms with van der Waals surface area (Å²) in [4.78, 5) is 2.61. The van der Waals surface area contributed by atoms with Gasteiger partial charge >= 0.3 is 0 Å². The number of hydrogen-bond donors (Lipinski definition) is 1. The lowest BCUT2D eigenvalue weighted by Crippen LogP contribution is -2.42. The third-order valence-corrected chi connectivity index (χ3v) is 4.08. The van der Waals surface area contributed by atoms with Crippen LogP contribution in [0.15, 0.2) is 0 Å². The van der Waals surface area contributed by atoms with Crippen LogP contribution < -0.4 is 5.32 Å². The van der Waals surface area contributed by atoms with Crippen LogP contribution in [0.2, 0.25) is 0 Å². The van der Waals surface area contributed by atoms with E-state index in [1.165, 1.54) is 38.9 Å². The highest BCUT2D eigenvalue weighted by Crippen LogP contribution is 2.16. The Balaban J connectivity index is 2.24. The molecule has 0 unspecified atom stereocenters. The summed E-state index contributed by atoms with van der Waals surface area (Å²) in [6, 6.07) is 1.45. The van der Waals surface area contributed by atoms with Crippen LogP contribution in [0.25, 0.3) is 0 Å². The first-order valence-corrected chi connectivity index (χ1v) is 6.66. The van der Waals surface area contributed by atoms with E-state index in [-0.39, 0.29) is 0 Å². The van der Waals surface area contributed by atoms with Gasteiger partial charge in [0.05, 0.1) is 0 Å². The maximum Gasteiger partial charge on any atom is 0.0221 e. The summed E-state index contributed by atoms with van der Waals surface area (Å²) >= 11 is 0. The standard InChI is InChI=1S/C13H28N2/c1-5-11(3)12(4)14-10-13-8-7-9-15(13)6-2/h11-14H,5-10H2,1-4H3/t11-,12-,13-/m0/s1. The van der Waals surface area contributed by atoms with Crippen molar-refractivity contribution in [2.45, 2.75) is 59.0 Å². The second-order valence-electron chi connectivity index (χ2n) is 5.01. The van der Waals surface area contributed by atoms with Crippen molar-refractivity contribution in [1.29, 1.82) is 0 Å². The lowest BCUT2D eigenvalue weighted by Gasteiger charge is -2.27. The molecule has 1 aliphatic heterocycles. The highest BCUT2D eigenvalue weighted by molar-refractivity contribution is 4.81. The van der Waals surface area contributed by atoms with Crippen LogP contribution in [0.1, 0.15) is 47.0 Å². The number of nitrogens with zero attached hydrogens (tertiary/aromatic N) is 1. The summed E-state index contributed by atoms with van der Waals surface area (Å²) in [6.45, 7) is 12.9. The van der Waals surface area contributed by atoms with Crippen LogP contribution >= 0.6 is 0 Å². The molecule has 1 rings (SSSR count). The number of nitrogens with one attached hydrogen (secondary N) is 1. The predicted molar refractivity (Wildman–Crippen MR) is 67.2 cm³/mol. The van der Waals surface area contributed by atoms with Gasteiger partial charge in [-0.3, -0.25) is 4.90 Å². The molecule has 0 spiro atoms. The first-order valence-electron chi connectivity index (χ1n) is 6.66. The van der Waals surface area contributed by atoms with Gasteiger partial charge in [-0.1, -0.05) is 27.2 Å². The fraction of sp³-hybridized carbons (Fsp3) is 1.00. The Kier molecular flexibility index (Phi) is 5.62. The minimum atomic E-state index is 0.661. The van der Waals surface area contributed by atoms with Crippen LogP contribution in [0.5, 0.6) is 0 Å². The van der Waals surface area contributed by atoms with Gasteiger partial charge < -0.3 is 5.32 Å². The van der Waals surface area contributed by atoms with Gasteiger partial charge in [-0.05, 0) is 38.8 Å². The molecule has 1 saturated heterocycles. The largest absolute Gasteiger partial charge is 0.312 e. The van der Waals surface area contributed by atoms with E-state index in [4.69, 9.17) is 0 Å². The van der Waals surface area contributed by atoms with Crippen molar-refractivity contribution >= 4 is 0 Å². The molecule has 0 amide bonds. The molecule has 0 saturated carbocycles. The maximum atomic E-state index is 3.70. The first-order chi connectivity index (χ1) is 7.19. The molecule has 1 heterocycles. The van der Waals surface area contributed by atoms with Gasteiger partial charge in [-0.2, -0.15) is 0 Å². The highest BCUT2D eigenvalue weighted by atomic mass is 15.2. The highest BCUT2D eigenvalue weighted by Gasteiger charge is 2.23. The van der Waals surface area contributed by atoms with Gasteiger partial charge in [0, 0.05) is 18.6 Å². The SMILES string of the molecule is CC[C@H](C)[C@H](C)NC[C@@H]1CCCN1CC. The molecule has 0 aromatic rings. The molecule has 1 fully saturated rings. The Bertz CT molecular complexity index is 170. The fourth-order valence-electron chi connectivity index (χ4n) is 2.42. The number of likely N-dealkylation sites (N-methyl/N-ethyl adjacent to an activating group) is 1. The van der Waals surface area contributed by atoms with E-state index in [9.17, 15) is 0 Å². The van der Waals surface area contributed by atoms with Crippen molar-refractivity contribution in [3.63, 3.8) is 0 Å². The molecule has 1 N–H and O–H groups in total. The zero-order valence-corrected chi connectivity index (χ0v) is 10.9.